The molecule has 1 aliphatic rings. The minimum absolute atomic E-state index is 0.0293. The lowest BCUT2D eigenvalue weighted by Crippen LogP contribution is -2.48. The summed E-state index contributed by atoms with van der Waals surface area (Å²) in [6.45, 7) is 4.96. The number of anilines is 1. The first kappa shape index (κ1) is 18.4. The Morgan fingerprint density at radius 3 is 2.79 bits per heavy atom. The normalized spacial score (nSPS) is 14.8. The van der Waals surface area contributed by atoms with E-state index in [-0.39, 0.29) is 5.91 Å². The highest BCUT2D eigenvalue weighted by atomic mass is 32.1. The second-order valence-electron chi connectivity index (χ2n) is 6.70. The molecule has 0 aliphatic carbocycles. The predicted octanol–water partition coefficient (Wildman–Crippen LogP) is 3.37. The molecule has 7 heteroatoms. The van der Waals surface area contributed by atoms with Crippen LogP contribution >= 0.6 is 11.3 Å². The highest BCUT2D eigenvalue weighted by Gasteiger charge is 2.22. The Labute approximate surface area is 168 Å². The molecule has 4 rings (SSSR count). The van der Waals surface area contributed by atoms with Crippen LogP contribution in [0.25, 0.3) is 16.3 Å². The molecule has 0 radical (unpaired) electrons. The third kappa shape index (κ3) is 3.84. The number of thiophene rings is 1. The van der Waals surface area contributed by atoms with Crippen molar-refractivity contribution in [2.45, 2.75) is 6.92 Å². The molecular weight excluding hydrogens is 372 g/mol. The van der Waals surface area contributed by atoms with Gasteiger partial charge in [-0.2, -0.15) is 0 Å². The van der Waals surface area contributed by atoms with E-state index in [2.05, 4.69) is 27.9 Å². The number of aromatic nitrogens is 2. The minimum Gasteiger partial charge on any atom is -0.497 e. The van der Waals surface area contributed by atoms with Crippen molar-refractivity contribution in [2.75, 3.05) is 38.2 Å². The molecule has 0 spiro atoms. The molecule has 0 bridgehead atoms. The van der Waals surface area contributed by atoms with Crippen molar-refractivity contribution in [3.63, 3.8) is 0 Å². The van der Waals surface area contributed by atoms with E-state index in [1.54, 1.807) is 30.8 Å². The largest absolute Gasteiger partial charge is 0.497 e. The summed E-state index contributed by atoms with van der Waals surface area (Å²) in [4.78, 5) is 27.8. The number of fused-ring (bicyclic) bond motifs is 1. The fourth-order valence-corrected chi connectivity index (χ4v) is 4.21. The summed E-state index contributed by atoms with van der Waals surface area (Å²) in [5.74, 6) is 1.78. The van der Waals surface area contributed by atoms with E-state index in [0.717, 1.165) is 40.4 Å². The standard InChI is InChI=1S/C21H22N4O2S/c1-15-12-18-20(22-14-23-21(18)28-15)25-10-8-24(9-11-25)19(26)7-6-16-4-3-5-17(13-16)27-2/h3-7,12-14H,8-11H2,1-2H3/b7-6+. The molecule has 1 fully saturated rings. The summed E-state index contributed by atoms with van der Waals surface area (Å²) in [6, 6.07) is 9.80. The van der Waals surface area contributed by atoms with Gasteiger partial charge in [-0.25, -0.2) is 9.97 Å². The summed E-state index contributed by atoms with van der Waals surface area (Å²) in [6.07, 6.45) is 5.09. The monoisotopic (exact) mass is 394 g/mol. The van der Waals surface area contributed by atoms with Crippen LogP contribution in [0.2, 0.25) is 0 Å². The summed E-state index contributed by atoms with van der Waals surface area (Å²) in [5.41, 5.74) is 0.947. The molecule has 1 aliphatic heterocycles. The Morgan fingerprint density at radius 2 is 2.00 bits per heavy atom. The van der Waals surface area contributed by atoms with Gasteiger partial charge in [0.2, 0.25) is 5.91 Å². The average molecular weight is 395 g/mol. The van der Waals surface area contributed by atoms with Gasteiger partial charge in [-0.1, -0.05) is 12.1 Å². The van der Waals surface area contributed by atoms with Gasteiger partial charge >= 0.3 is 0 Å². The first-order valence-corrected chi connectivity index (χ1v) is 10.0. The van der Waals surface area contributed by atoms with Crippen LogP contribution in [-0.4, -0.2) is 54.1 Å². The fraction of sp³-hybridized carbons (Fsp3) is 0.286. The van der Waals surface area contributed by atoms with E-state index < -0.39 is 0 Å². The van der Waals surface area contributed by atoms with E-state index in [9.17, 15) is 4.79 Å². The highest BCUT2D eigenvalue weighted by Crippen LogP contribution is 2.30. The molecule has 1 aromatic carbocycles. The summed E-state index contributed by atoms with van der Waals surface area (Å²) < 4.78 is 5.22. The van der Waals surface area contributed by atoms with Gasteiger partial charge in [0, 0.05) is 37.1 Å². The van der Waals surface area contributed by atoms with Gasteiger partial charge in [0.25, 0.3) is 0 Å². The lowest BCUT2D eigenvalue weighted by atomic mass is 10.2. The summed E-state index contributed by atoms with van der Waals surface area (Å²) in [5, 5.41) is 1.10. The number of carbonyl (C=O) groups excluding carboxylic acids is 1. The molecule has 0 N–H and O–H groups in total. The molecule has 1 saturated heterocycles. The Morgan fingerprint density at radius 1 is 1.18 bits per heavy atom. The zero-order valence-corrected chi connectivity index (χ0v) is 16.8. The van der Waals surface area contributed by atoms with E-state index in [4.69, 9.17) is 4.74 Å². The van der Waals surface area contributed by atoms with Gasteiger partial charge in [-0.15, -0.1) is 11.3 Å². The number of rotatable bonds is 4. The second-order valence-corrected chi connectivity index (χ2v) is 7.93. The zero-order valence-electron chi connectivity index (χ0n) is 16.0. The Balaban J connectivity index is 1.40. The van der Waals surface area contributed by atoms with E-state index in [1.165, 1.54) is 4.88 Å². The van der Waals surface area contributed by atoms with Gasteiger partial charge in [0.15, 0.2) is 0 Å². The highest BCUT2D eigenvalue weighted by molar-refractivity contribution is 7.18. The lowest BCUT2D eigenvalue weighted by Gasteiger charge is -2.35. The van der Waals surface area contributed by atoms with Crippen LogP contribution in [0.4, 0.5) is 5.82 Å². The number of benzene rings is 1. The first-order valence-electron chi connectivity index (χ1n) is 9.21. The van der Waals surface area contributed by atoms with Crippen molar-refractivity contribution in [1.82, 2.24) is 14.9 Å². The van der Waals surface area contributed by atoms with Crippen LogP contribution in [0.5, 0.6) is 5.75 Å². The van der Waals surface area contributed by atoms with Gasteiger partial charge in [0.05, 0.1) is 12.5 Å². The molecule has 144 valence electrons. The van der Waals surface area contributed by atoms with E-state index >= 15 is 0 Å². The average Bonchev–Trinajstić information content (AvgIpc) is 3.12. The number of methoxy groups -OCH3 is 1. The van der Waals surface area contributed by atoms with Crippen LogP contribution in [0.3, 0.4) is 0 Å². The van der Waals surface area contributed by atoms with E-state index in [0.29, 0.717) is 13.1 Å². The Kier molecular flexibility index (Phi) is 5.25. The number of aryl methyl sites for hydroxylation is 1. The first-order chi connectivity index (χ1) is 13.6. The number of hydrogen-bond acceptors (Lipinski definition) is 6. The zero-order chi connectivity index (χ0) is 19.5. The minimum atomic E-state index is 0.0293. The van der Waals surface area contributed by atoms with Crippen molar-refractivity contribution < 1.29 is 9.53 Å². The maximum Gasteiger partial charge on any atom is 0.246 e. The summed E-state index contributed by atoms with van der Waals surface area (Å²) in [7, 11) is 1.64. The number of amides is 1. The van der Waals surface area contributed by atoms with Crippen molar-refractivity contribution in [3.05, 3.63) is 53.2 Å². The molecular formula is C21H22N4O2S. The van der Waals surface area contributed by atoms with E-state index in [1.807, 2.05) is 35.2 Å². The smallest absolute Gasteiger partial charge is 0.246 e. The number of ether oxygens (including phenoxy) is 1. The van der Waals surface area contributed by atoms with Gasteiger partial charge in [0.1, 0.15) is 22.7 Å². The number of hydrogen-bond donors (Lipinski definition) is 0. The van der Waals surface area contributed by atoms with Crippen molar-refractivity contribution in [1.29, 1.82) is 0 Å². The molecule has 2 aromatic heterocycles. The third-order valence-electron chi connectivity index (χ3n) is 4.83. The topological polar surface area (TPSA) is 58.6 Å². The van der Waals surface area contributed by atoms with Crippen molar-refractivity contribution >= 4 is 39.4 Å². The molecule has 0 unspecified atom stereocenters. The molecule has 3 heterocycles. The Bertz CT molecular complexity index is 1020. The maximum atomic E-state index is 12.6. The molecule has 0 saturated carbocycles. The molecule has 28 heavy (non-hydrogen) atoms. The molecule has 6 nitrogen and oxygen atoms in total. The fourth-order valence-electron chi connectivity index (χ4n) is 3.37. The van der Waals surface area contributed by atoms with Gasteiger partial charge in [-0.05, 0) is 36.8 Å². The Hall–Kier alpha value is -2.93. The lowest BCUT2D eigenvalue weighted by molar-refractivity contribution is -0.126. The summed E-state index contributed by atoms with van der Waals surface area (Å²) >= 11 is 1.68. The second kappa shape index (κ2) is 7.98. The predicted molar refractivity (Wildman–Crippen MR) is 113 cm³/mol. The molecule has 3 aromatic rings. The number of nitrogens with zero attached hydrogens (tertiary/aromatic N) is 4. The maximum absolute atomic E-state index is 12.6. The number of piperazine rings is 1. The SMILES string of the molecule is COc1cccc(/C=C/C(=O)N2CCN(c3ncnc4sc(C)cc34)CC2)c1. The van der Waals surface area contributed by atoms with Crippen molar-refractivity contribution in [3.8, 4) is 5.75 Å². The van der Waals surface area contributed by atoms with Crippen molar-refractivity contribution in [2.24, 2.45) is 0 Å². The van der Waals surface area contributed by atoms with Crippen LogP contribution < -0.4 is 9.64 Å². The van der Waals surface area contributed by atoms with Crippen LogP contribution in [0, 0.1) is 6.92 Å². The molecule has 1 amide bonds. The van der Waals surface area contributed by atoms with Gasteiger partial charge < -0.3 is 14.5 Å². The van der Waals surface area contributed by atoms with Gasteiger partial charge in [-0.3, -0.25) is 4.79 Å². The van der Waals surface area contributed by atoms with Crippen LogP contribution in [0.1, 0.15) is 10.4 Å². The third-order valence-corrected chi connectivity index (χ3v) is 5.79. The van der Waals surface area contributed by atoms with Crippen LogP contribution in [0.15, 0.2) is 42.7 Å². The number of carbonyl (C=O) groups is 1. The van der Waals surface area contributed by atoms with Crippen LogP contribution in [-0.2, 0) is 4.79 Å². The molecule has 0 atom stereocenters. The quantitative estimate of drug-likeness (QED) is 0.635.